The molecule has 0 radical (unpaired) electrons. The van der Waals surface area contributed by atoms with Crippen LogP contribution >= 0.6 is 0 Å². The molecule has 2 rings (SSSR count). The van der Waals surface area contributed by atoms with E-state index in [2.05, 4.69) is 10.2 Å². The van der Waals surface area contributed by atoms with Crippen molar-refractivity contribution < 1.29 is 19.4 Å². The molecule has 132 valence electrons. The zero-order valence-electron chi connectivity index (χ0n) is 14.4. The summed E-state index contributed by atoms with van der Waals surface area (Å²) in [6, 6.07) is 6.99. The molecule has 1 aromatic carbocycles. The van der Waals surface area contributed by atoms with E-state index in [1.807, 2.05) is 12.1 Å². The molecule has 6 nitrogen and oxygen atoms in total. The van der Waals surface area contributed by atoms with E-state index < -0.39 is 5.97 Å². The van der Waals surface area contributed by atoms with Gasteiger partial charge < -0.3 is 15.2 Å². The molecule has 6 heteroatoms. The number of nitrogens with one attached hydrogen (secondary N) is 1. The fourth-order valence-electron chi connectivity index (χ4n) is 3.28. The Balaban J connectivity index is 1.98. The van der Waals surface area contributed by atoms with Crippen LogP contribution in [0.5, 0.6) is 0 Å². The van der Waals surface area contributed by atoms with Crippen molar-refractivity contribution in [3.8, 4) is 0 Å². The quantitative estimate of drug-likeness (QED) is 0.796. The highest BCUT2D eigenvalue weighted by Gasteiger charge is 2.35. The van der Waals surface area contributed by atoms with Gasteiger partial charge in [0.15, 0.2) is 0 Å². The molecule has 0 bridgehead atoms. The first-order valence-electron chi connectivity index (χ1n) is 8.28. The summed E-state index contributed by atoms with van der Waals surface area (Å²) in [7, 11) is 3.37. The van der Waals surface area contributed by atoms with E-state index >= 15 is 0 Å². The molecule has 0 saturated carbocycles. The Hall–Kier alpha value is -1.92. The average molecular weight is 334 g/mol. The molecule has 1 heterocycles. The Morgan fingerprint density at radius 1 is 1.33 bits per heavy atom. The number of carboxylic acid groups (broad SMARTS) is 1. The van der Waals surface area contributed by atoms with Crippen LogP contribution in [-0.4, -0.2) is 54.7 Å². The van der Waals surface area contributed by atoms with E-state index in [-0.39, 0.29) is 11.5 Å². The van der Waals surface area contributed by atoms with Gasteiger partial charge in [-0.1, -0.05) is 12.1 Å². The Morgan fingerprint density at radius 3 is 2.62 bits per heavy atom. The summed E-state index contributed by atoms with van der Waals surface area (Å²) in [4.78, 5) is 24.8. The Kier molecular flexibility index (Phi) is 6.34. The first-order chi connectivity index (χ1) is 11.5. The lowest BCUT2D eigenvalue weighted by atomic mass is 9.87. The van der Waals surface area contributed by atoms with E-state index in [0.29, 0.717) is 18.4 Å². The number of amides is 1. The third kappa shape index (κ3) is 4.79. The molecule has 1 saturated heterocycles. The average Bonchev–Trinajstić information content (AvgIpc) is 2.60. The van der Waals surface area contributed by atoms with Gasteiger partial charge in [-0.2, -0.15) is 0 Å². The van der Waals surface area contributed by atoms with E-state index in [1.165, 1.54) is 0 Å². The van der Waals surface area contributed by atoms with Crippen molar-refractivity contribution >= 4 is 11.9 Å². The minimum atomic E-state index is -0.910. The topological polar surface area (TPSA) is 78.9 Å². The summed E-state index contributed by atoms with van der Waals surface area (Å²) < 4.78 is 5.79. The minimum absolute atomic E-state index is 0.0350. The van der Waals surface area contributed by atoms with Gasteiger partial charge in [-0.3, -0.25) is 9.69 Å². The molecule has 1 atom stereocenters. The van der Waals surface area contributed by atoms with Crippen molar-refractivity contribution in [1.82, 2.24) is 10.2 Å². The largest absolute Gasteiger partial charge is 0.478 e. The molecule has 1 aliphatic heterocycles. The summed E-state index contributed by atoms with van der Waals surface area (Å²) in [6.45, 7) is 2.51. The Labute approximate surface area is 142 Å². The summed E-state index contributed by atoms with van der Waals surface area (Å²) in [5.41, 5.74) is 1.10. The van der Waals surface area contributed by atoms with Crippen LogP contribution in [0.1, 0.15) is 41.6 Å². The number of carbonyl (C=O) groups excluding carboxylic acids is 1. The number of hydrogen-bond acceptors (Lipinski definition) is 4. The molecule has 1 amide bonds. The Morgan fingerprint density at radius 2 is 2.04 bits per heavy atom. The van der Waals surface area contributed by atoms with Crippen molar-refractivity contribution in [1.29, 1.82) is 0 Å². The molecule has 0 aliphatic carbocycles. The number of carbonyl (C=O) groups is 2. The number of aromatic carboxylic acids is 1. The van der Waals surface area contributed by atoms with E-state index in [1.54, 1.807) is 26.3 Å². The van der Waals surface area contributed by atoms with Gasteiger partial charge in [0, 0.05) is 33.7 Å². The van der Waals surface area contributed by atoms with Gasteiger partial charge in [0.2, 0.25) is 5.91 Å². The first-order valence-corrected chi connectivity index (χ1v) is 8.28. The van der Waals surface area contributed by atoms with Crippen molar-refractivity contribution in [3.05, 3.63) is 35.4 Å². The monoisotopic (exact) mass is 334 g/mol. The van der Waals surface area contributed by atoms with Crippen LogP contribution in [0.3, 0.4) is 0 Å². The maximum Gasteiger partial charge on any atom is 0.335 e. The number of piperidine rings is 1. The number of benzene rings is 1. The number of carboxylic acids is 1. The number of likely N-dealkylation sites (tertiary alicyclic amines) is 1. The highest BCUT2D eigenvalue weighted by atomic mass is 16.5. The molecular weight excluding hydrogens is 308 g/mol. The zero-order chi connectivity index (χ0) is 17.6. The van der Waals surface area contributed by atoms with Crippen molar-refractivity contribution in [2.75, 3.05) is 27.2 Å². The molecule has 2 N–H and O–H groups in total. The predicted octanol–water partition coefficient (Wildman–Crippen LogP) is 1.89. The van der Waals surface area contributed by atoms with Crippen molar-refractivity contribution in [3.63, 3.8) is 0 Å². The van der Waals surface area contributed by atoms with E-state index in [9.17, 15) is 9.59 Å². The van der Waals surface area contributed by atoms with Gasteiger partial charge in [0.1, 0.15) is 0 Å². The SMILES string of the molecule is CNC(=O)CC[C@@]1(OC)CCCN(Cc2ccc(C(=O)O)cc2)C1. The smallest absolute Gasteiger partial charge is 0.335 e. The molecular formula is C18H26N2O4. The summed E-state index contributed by atoms with van der Waals surface area (Å²) in [5, 5.41) is 11.6. The first kappa shape index (κ1) is 18.4. The molecule has 0 spiro atoms. The van der Waals surface area contributed by atoms with Crippen LogP contribution in [0.4, 0.5) is 0 Å². The molecule has 0 unspecified atom stereocenters. The fourth-order valence-corrected chi connectivity index (χ4v) is 3.28. The summed E-state index contributed by atoms with van der Waals surface area (Å²) >= 11 is 0. The van der Waals surface area contributed by atoms with E-state index in [4.69, 9.17) is 9.84 Å². The standard InChI is InChI=1S/C18H26N2O4/c1-19-16(21)8-10-18(24-2)9-3-11-20(13-18)12-14-4-6-15(7-5-14)17(22)23/h4-7H,3,8-13H2,1-2H3,(H,19,21)(H,22,23)/t18-/m0/s1. The van der Waals surface area contributed by atoms with Gasteiger partial charge in [0.25, 0.3) is 0 Å². The zero-order valence-corrected chi connectivity index (χ0v) is 14.4. The summed E-state index contributed by atoms with van der Waals surface area (Å²) in [5.74, 6) is -0.875. The van der Waals surface area contributed by atoms with Crippen LogP contribution in [0, 0.1) is 0 Å². The number of ether oxygens (including phenoxy) is 1. The van der Waals surface area contributed by atoms with Crippen molar-refractivity contribution in [2.45, 2.75) is 37.8 Å². The maximum atomic E-state index is 11.5. The normalized spacial score (nSPS) is 21.4. The van der Waals surface area contributed by atoms with Crippen LogP contribution in [0.25, 0.3) is 0 Å². The molecule has 1 aromatic rings. The van der Waals surface area contributed by atoms with Crippen LogP contribution in [0.2, 0.25) is 0 Å². The third-order valence-electron chi connectivity index (χ3n) is 4.75. The van der Waals surface area contributed by atoms with Gasteiger partial charge >= 0.3 is 5.97 Å². The fraction of sp³-hybridized carbons (Fsp3) is 0.556. The minimum Gasteiger partial charge on any atom is -0.478 e. The van der Waals surface area contributed by atoms with E-state index in [0.717, 1.165) is 38.0 Å². The highest BCUT2D eigenvalue weighted by Crippen LogP contribution is 2.30. The highest BCUT2D eigenvalue weighted by molar-refractivity contribution is 5.87. The molecule has 0 aromatic heterocycles. The molecule has 1 fully saturated rings. The number of rotatable bonds is 7. The van der Waals surface area contributed by atoms with Gasteiger partial charge in [-0.25, -0.2) is 4.79 Å². The number of nitrogens with zero attached hydrogens (tertiary/aromatic N) is 1. The number of hydrogen-bond donors (Lipinski definition) is 2. The van der Waals surface area contributed by atoms with Crippen LogP contribution in [0.15, 0.2) is 24.3 Å². The lowest BCUT2D eigenvalue weighted by Crippen LogP contribution is -2.49. The van der Waals surface area contributed by atoms with Gasteiger partial charge in [-0.15, -0.1) is 0 Å². The lowest BCUT2D eigenvalue weighted by Gasteiger charge is -2.42. The lowest BCUT2D eigenvalue weighted by molar-refractivity contribution is -0.124. The van der Waals surface area contributed by atoms with Crippen LogP contribution < -0.4 is 5.32 Å². The maximum absolute atomic E-state index is 11.5. The van der Waals surface area contributed by atoms with Gasteiger partial charge in [0.05, 0.1) is 11.2 Å². The Bertz CT molecular complexity index is 573. The predicted molar refractivity (Wildman–Crippen MR) is 91.0 cm³/mol. The summed E-state index contributed by atoms with van der Waals surface area (Å²) in [6.07, 6.45) is 3.15. The second-order valence-electron chi connectivity index (χ2n) is 6.38. The molecule has 24 heavy (non-hydrogen) atoms. The third-order valence-corrected chi connectivity index (χ3v) is 4.75. The second kappa shape index (κ2) is 8.26. The number of methoxy groups -OCH3 is 1. The second-order valence-corrected chi connectivity index (χ2v) is 6.38. The molecule has 1 aliphatic rings. The van der Waals surface area contributed by atoms with Gasteiger partial charge in [-0.05, 0) is 43.5 Å². The van der Waals surface area contributed by atoms with Crippen LogP contribution in [-0.2, 0) is 16.1 Å². The van der Waals surface area contributed by atoms with Crippen molar-refractivity contribution in [2.24, 2.45) is 0 Å².